The van der Waals surface area contributed by atoms with Gasteiger partial charge in [-0.2, -0.15) is 0 Å². The monoisotopic (exact) mass is 240 g/mol. The molecule has 0 N–H and O–H groups in total. The van der Waals surface area contributed by atoms with Crippen LogP contribution in [0.3, 0.4) is 0 Å². The molecule has 0 amide bonds. The Balaban J connectivity index is 2.39. The van der Waals surface area contributed by atoms with Crippen molar-refractivity contribution in [2.24, 2.45) is 11.3 Å². The summed E-state index contributed by atoms with van der Waals surface area (Å²) in [5, 5.41) is 0. The molecular formula is C18H24. The highest BCUT2D eigenvalue weighted by atomic mass is 14.4. The lowest BCUT2D eigenvalue weighted by molar-refractivity contribution is 0.305. The van der Waals surface area contributed by atoms with Gasteiger partial charge in [0.05, 0.1) is 0 Å². The molecular weight excluding hydrogens is 216 g/mol. The molecule has 2 unspecified atom stereocenters. The number of benzene rings is 1. The molecule has 1 aromatic carbocycles. The fourth-order valence-corrected chi connectivity index (χ4v) is 3.07. The first-order valence-corrected chi connectivity index (χ1v) is 7.04. The predicted molar refractivity (Wildman–Crippen MR) is 80.5 cm³/mol. The van der Waals surface area contributed by atoms with Crippen LogP contribution in [0.15, 0.2) is 42.5 Å². The first-order valence-electron chi connectivity index (χ1n) is 7.04. The highest BCUT2D eigenvalue weighted by Gasteiger charge is 2.32. The van der Waals surface area contributed by atoms with Gasteiger partial charge in [-0.15, -0.1) is 0 Å². The summed E-state index contributed by atoms with van der Waals surface area (Å²) < 4.78 is 0. The van der Waals surface area contributed by atoms with Crippen LogP contribution in [0.5, 0.6) is 0 Å². The fraction of sp³-hybridized carbons (Fsp3) is 0.444. The minimum atomic E-state index is 0.307. The highest BCUT2D eigenvalue weighted by Crippen LogP contribution is 2.45. The van der Waals surface area contributed by atoms with E-state index in [1.807, 2.05) is 0 Å². The smallest absolute Gasteiger partial charge is 0.00773 e. The van der Waals surface area contributed by atoms with Crippen molar-refractivity contribution in [1.29, 1.82) is 0 Å². The molecule has 1 aliphatic rings. The van der Waals surface area contributed by atoms with Crippen molar-refractivity contribution in [1.82, 2.24) is 0 Å². The van der Waals surface area contributed by atoms with E-state index in [0.29, 0.717) is 11.3 Å². The molecule has 0 saturated carbocycles. The van der Waals surface area contributed by atoms with Crippen molar-refractivity contribution in [2.45, 2.75) is 40.5 Å². The molecule has 2 atom stereocenters. The molecule has 0 spiro atoms. The Hall–Kier alpha value is -1.30. The maximum absolute atomic E-state index is 2.39. The average molecular weight is 240 g/mol. The number of aryl methyl sites for hydroxylation is 1. The number of hydrogen-bond donors (Lipinski definition) is 0. The molecule has 0 heterocycles. The zero-order chi connectivity index (χ0) is 13.2. The summed E-state index contributed by atoms with van der Waals surface area (Å²) in [5.41, 5.74) is 4.59. The molecule has 0 aliphatic heterocycles. The second kappa shape index (κ2) is 5.14. The molecule has 0 heteroatoms. The van der Waals surface area contributed by atoms with E-state index in [9.17, 15) is 0 Å². The highest BCUT2D eigenvalue weighted by molar-refractivity contribution is 5.73. The Labute approximate surface area is 111 Å². The van der Waals surface area contributed by atoms with E-state index < -0.39 is 0 Å². The minimum Gasteiger partial charge on any atom is -0.0780 e. The average Bonchev–Trinajstić information content (AvgIpc) is 2.34. The van der Waals surface area contributed by atoms with Crippen molar-refractivity contribution in [3.8, 4) is 0 Å². The summed E-state index contributed by atoms with van der Waals surface area (Å²) >= 11 is 0. The third-order valence-corrected chi connectivity index (χ3v) is 4.45. The predicted octanol–water partition coefficient (Wildman–Crippen LogP) is 5.39. The summed E-state index contributed by atoms with van der Waals surface area (Å²) in [4.78, 5) is 0. The summed E-state index contributed by atoms with van der Waals surface area (Å²) in [5.74, 6) is 0.587. The first kappa shape index (κ1) is 13.1. The van der Waals surface area contributed by atoms with Gasteiger partial charge in [0.15, 0.2) is 0 Å². The number of allylic oxidation sites excluding steroid dienone is 4. The normalized spacial score (nSPS) is 27.1. The van der Waals surface area contributed by atoms with Gasteiger partial charge in [-0.3, -0.25) is 0 Å². The van der Waals surface area contributed by atoms with Crippen LogP contribution in [0.25, 0.3) is 5.57 Å². The molecule has 0 bridgehead atoms. The van der Waals surface area contributed by atoms with E-state index in [2.05, 4.69) is 70.2 Å². The maximum atomic E-state index is 2.39. The maximum Gasteiger partial charge on any atom is -0.00773 e. The number of hydrogen-bond acceptors (Lipinski definition) is 0. The van der Waals surface area contributed by atoms with Gasteiger partial charge in [0.25, 0.3) is 0 Å². The minimum absolute atomic E-state index is 0.307. The van der Waals surface area contributed by atoms with Crippen LogP contribution in [0.1, 0.15) is 44.7 Å². The first-order chi connectivity index (χ1) is 8.58. The van der Waals surface area contributed by atoms with Crippen LogP contribution in [-0.4, -0.2) is 0 Å². The van der Waals surface area contributed by atoms with Crippen LogP contribution < -0.4 is 0 Å². The molecule has 0 radical (unpaired) electrons. The van der Waals surface area contributed by atoms with E-state index in [1.165, 1.54) is 29.5 Å². The lowest BCUT2D eigenvalue weighted by Crippen LogP contribution is -2.26. The topological polar surface area (TPSA) is 0 Å². The number of rotatable bonds is 3. The molecule has 0 aromatic heterocycles. The van der Waals surface area contributed by atoms with Gasteiger partial charge >= 0.3 is 0 Å². The van der Waals surface area contributed by atoms with Gasteiger partial charge in [-0.1, -0.05) is 69.7 Å². The summed E-state index contributed by atoms with van der Waals surface area (Å²) in [7, 11) is 0. The van der Waals surface area contributed by atoms with E-state index >= 15 is 0 Å². The van der Waals surface area contributed by atoms with Crippen LogP contribution in [0.2, 0.25) is 0 Å². The van der Waals surface area contributed by atoms with Crippen LogP contribution in [-0.2, 0) is 0 Å². The van der Waals surface area contributed by atoms with Gasteiger partial charge in [0, 0.05) is 0 Å². The Morgan fingerprint density at radius 2 is 1.94 bits per heavy atom. The summed E-state index contributed by atoms with van der Waals surface area (Å²) in [6.45, 7) is 9.25. The Kier molecular flexibility index (Phi) is 3.75. The largest absolute Gasteiger partial charge is 0.0780 e. The molecule has 2 rings (SSSR count). The lowest BCUT2D eigenvalue weighted by atomic mass is 9.67. The quantitative estimate of drug-likeness (QED) is 0.664. The van der Waals surface area contributed by atoms with Crippen LogP contribution >= 0.6 is 0 Å². The second-order valence-electron chi connectivity index (χ2n) is 5.77. The third kappa shape index (κ3) is 2.29. The molecule has 0 saturated heterocycles. The fourth-order valence-electron chi connectivity index (χ4n) is 3.07. The molecule has 1 aliphatic carbocycles. The van der Waals surface area contributed by atoms with E-state index in [0.717, 1.165) is 0 Å². The Morgan fingerprint density at radius 1 is 1.22 bits per heavy atom. The van der Waals surface area contributed by atoms with Gasteiger partial charge in [0.1, 0.15) is 0 Å². The summed E-state index contributed by atoms with van der Waals surface area (Å²) in [6, 6.07) is 8.72. The lowest BCUT2D eigenvalue weighted by Gasteiger charge is -2.37. The molecule has 1 aromatic rings. The zero-order valence-electron chi connectivity index (χ0n) is 12.0. The summed E-state index contributed by atoms with van der Waals surface area (Å²) in [6.07, 6.45) is 9.44. The van der Waals surface area contributed by atoms with Gasteiger partial charge in [0.2, 0.25) is 0 Å². The van der Waals surface area contributed by atoms with Crippen LogP contribution in [0.4, 0.5) is 0 Å². The van der Waals surface area contributed by atoms with E-state index in [-0.39, 0.29) is 0 Å². The molecule has 0 fully saturated rings. The molecule has 0 nitrogen and oxygen atoms in total. The standard InChI is InChI=1S/C18H24/c1-5-12-18(4)13-8-11-17(15(18)3)16-10-7-6-9-14(16)2/h6-11,13,15H,5,12H2,1-4H3. The van der Waals surface area contributed by atoms with Crippen molar-refractivity contribution in [3.05, 3.63) is 53.6 Å². The van der Waals surface area contributed by atoms with Gasteiger partial charge in [-0.25, -0.2) is 0 Å². The Morgan fingerprint density at radius 3 is 2.61 bits per heavy atom. The van der Waals surface area contributed by atoms with Crippen LogP contribution in [0, 0.1) is 18.3 Å². The van der Waals surface area contributed by atoms with Crippen molar-refractivity contribution < 1.29 is 0 Å². The second-order valence-corrected chi connectivity index (χ2v) is 5.77. The van der Waals surface area contributed by atoms with E-state index in [4.69, 9.17) is 0 Å². The van der Waals surface area contributed by atoms with Crippen molar-refractivity contribution in [3.63, 3.8) is 0 Å². The molecule has 96 valence electrons. The molecule has 18 heavy (non-hydrogen) atoms. The van der Waals surface area contributed by atoms with Gasteiger partial charge in [-0.05, 0) is 41.4 Å². The van der Waals surface area contributed by atoms with Crippen molar-refractivity contribution in [2.75, 3.05) is 0 Å². The Bertz CT molecular complexity index is 479. The third-order valence-electron chi connectivity index (χ3n) is 4.45. The van der Waals surface area contributed by atoms with E-state index in [1.54, 1.807) is 0 Å². The van der Waals surface area contributed by atoms with Gasteiger partial charge < -0.3 is 0 Å². The van der Waals surface area contributed by atoms with Crippen molar-refractivity contribution >= 4 is 5.57 Å². The zero-order valence-corrected chi connectivity index (χ0v) is 12.0. The SMILES string of the molecule is CCCC1(C)C=CC=C(c2ccccc2C)C1C.